The molecule has 0 fully saturated rings. The SMILES string of the molecule is Cn1c(=O)c2c(nc(Cl)n2Cc2cccc(Cl)c2)n(C)c1=O. The first kappa shape index (κ1) is 14.9. The second kappa shape index (κ2) is 5.30. The number of rotatable bonds is 2. The molecule has 0 saturated carbocycles. The van der Waals surface area contributed by atoms with E-state index in [2.05, 4.69) is 4.98 Å². The van der Waals surface area contributed by atoms with Gasteiger partial charge in [0.1, 0.15) is 0 Å². The lowest BCUT2D eigenvalue weighted by molar-refractivity contribution is 0.702. The molecular formula is C14H12Cl2N4O2. The fourth-order valence-electron chi connectivity index (χ4n) is 2.38. The number of aryl methyl sites for hydroxylation is 1. The zero-order chi connectivity index (χ0) is 16.0. The van der Waals surface area contributed by atoms with E-state index in [1.54, 1.807) is 23.7 Å². The average Bonchev–Trinajstić information content (AvgIpc) is 2.80. The lowest BCUT2D eigenvalue weighted by atomic mass is 10.2. The number of halogens is 2. The van der Waals surface area contributed by atoms with Gasteiger partial charge in [-0.2, -0.15) is 4.98 Å². The predicted octanol–water partition coefficient (Wildman–Crippen LogP) is 1.79. The average molecular weight is 339 g/mol. The molecule has 0 aliphatic carbocycles. The van der Waals surface area contributed by atoms with Crippen LogP contribution in [-0.4, -0.2) is 18.7 Å². The highest BCUT2D eigenvalue weighted by Gasteiger charge is 2.18. The van der Waals surface area contributed by atoms with Crippen LogP contribution in [0.2, 0.25) is 10.3 Å². The summed E-state index contributed by atoms with van der Waals surface area (Å²) in [6.45, 7) is 0.337. The third kappa shape index (κ3) is 2.24. The van der Waals surface area contributed by atoms with Crippen LogP contribution in [0.15, 0.2) is 33.9 Å². The van der Waals surface area contributed by atoms with Gasteiger partial charge in [0.15, 0.2) is 11.2 Å². The van der Waals surface area contributed by atoms with Crippen molar-refractivity contribution in [1.29, 1.82) is 0 Å². The number of benzene rings is 1. The van der Waals surface area contributed by atoms with Crippen molar-refractivity contribution in [3.63, 3.8) is 0 Å². The van der Waals surface area contributed by atoms with Crippen LogP contribution in [-0.2, 0) is 20.6 Å². The summed E-state index contributed by atoms with van der Waals surface area (Å²) < 4.78 is 3.91. The third-order valence-corrected chi connectivity index (χ3v) is 4.05. The van der Waals surface area contributed by atoms with Gasteiger partial charge in [-0.15, -0.1) is 0 Å². The molecule has 0 atom stereocenters. The van der Waals surface area contributed by atoms with Crippen LogP contribution in [0.4, 0.5) is 0 Å². The van der Waals surface area contributed by atoms with Crippen LogP contribution >= 0.6 is 23.2 Å². The maximum atomic E-state index is 12.4. The molecule has 0 aliphatic rings. The Hall–Kier alpha value is -2.05. The summed E-state index contributed by atoms with van der Waals surface area (Å²) in [7, 11) is 2.98. The van der Waals surface area contributed by atoms with Gasteiger partial charge < -0.3 is 4.57 Å². The summed E-state index contributed by atoms with van der Waals surface area (Å²) in [6, 6.07) is 7.25. The van der Waals surface area contributed by atoms with Crippen molar-refractivity contribution >= 4 is 34.4 Å². The van der Waals surface area contributed by atoms with Crippen LogP contribution < -0.4 is 11.2 Å². The fraction of sp³-hybridized carbons (Fsp3) is 0.214. The van der Waals surface area contributed by atoms with Crippen molar-refractivity contribution < 1.29 is 0 Å². The Bertz CT molecular complexity index is 1000. The minimum Gasteiger partial charge on any atom is -0.304 e. The third-order valence-electron chi connectivity index (χ3n) is 3.53. The van der Waals surface area contributed by atoms with E-state index in [1.807, 2.05) is 12.1 Å². The van der Waals surface area contributed by atoms with Gasteiger partial charge in [0.2, 0.25) is 5.28 Å². The lowest BCUT2D eigenvalue weighted by Gasteiger charge is -2.07. The van der Waals surface area contributed by atoms with Crippen molar-refractivity contribution in [1.82, 2.24) is 18.7 Å². The van der Waals surface area contributed by atoms with Crippen molar-refractivity contribution in [2.75, 3.05) is 0 Å². The second-order valence-electron chi connectivity index (χ2n) is 4.97. The Balaban J connectivity index is 2.29. The van der Waals surface area contributed by atoms with Gasteiger partial charge in [-0.25, -0.2) is 4.79 Å². The van der Waals surface area contributed by atoms with Crippen molar-refractivity contribution in [3.8, 4) is 0 Å². The Morgan fingerprint density at radius 1 is 1.14 bits per heavy atom. The minimum absolute atomic E-state index is 0.147. The number of hydrogen-bond donors (Lipinski definition) is 0. The van der Waals surface area contributed by atoms with Gasteiger partial charge in [-0.1, -0.05) is 23.7 Å². The number of imidazole rings is 1. The monoisotopic (exact) mass is 338 g/mol. The molecular weight excluding hydrogens is 327 g/mol. The van der Waals surface area contributed by atoms with Gasteiger partial charge in [-0.3, -0.25) is 13.9 Å². The molecule has 2 aromatic heterocycles. The zero-order valence-electron chi connectivity index (χ0n) is 11.9. The van der Waals surface area contributed by atoms with Crippen molar-refractivity contribution in [2.24, 2.45) is 14.1 Å². The van der Waals surface area contributed by atoms with E-state index in [0.717, 1.165) is 10.1 Å². The predicted molar refractivity (Wildman–Crippen MR) is 85.8 cm³/mol. The first-order chi connectivity index (χ1) is 10.4. The second-order valence-corrected chi connectivity index (χ2v) is 5.75. The van der Waals surface area contributed by atoms with Gasteiger partial charge in [0.05, 0.1) is 6.54 Å². The van der Waals surface area contributed by atoms with E-state index in [1.165, 1.54) is 11.6 Å². The molecule has 3 rings (SSSR count). The van der Waals surface area contributed by atoms with E-state index >= 15 is 0 Å². The maximum absolute atomic E-state index is 12.4. The molecule has 8 heteroatoms. The molecule has 114 valence electrons. The highest BCUT2D eigenvalue weighted by atomic mass is 35.5. The molecule has 22 heavy (non-hydrogen) atoms. The Kier molecular flexibility index (Phi) is 3.58. The topological polar surface area (TPSA) is 61.8 Å². The smallest absolute Gasteiger partial charge is 0.304 e. The van der Waals surface area contributed by atoms with Crippen LogP contribution in [0, 0.1) is 0 Å². The molecule has 0 amide bonds. The number of fused-ring (bicyclic) bond motifs is 1. The first-order valence-corrected chi connectivity index (χ1v) is 7.22. The fourth-order valence-corrected chi connectivity index (χ4v) is 2.82. The van der Waals surface area contributed by atoms with Crippen molar-refractivity contribution in [2.45, 2.75) is 6.54 Å². The highest BCUT2D eigenvalue weighted by Crippen LogP contribution is 2.19. The van der Waals surface area contributed by atoms with Crippen LogP contribution in [0.5, 0.6) is 0 Å². The molecule has 1 aromatic carbocycles. The molecule has 6 nitrogen and oxygen atoms in total. The molecule has 0 N–H and O–H groups in total. The minimum atomic E-state index is -0.443. The Morgan fingerprint density at radius 3 is 2.55 bits per heavy atom. The van der Waals surface area contributed by atoms with Crippen LogP contribution in [0.3, 0.4) is 0 Å². The first-order valence-electron chi connectivity index (χ1n) is 6.46. The molecule has 0 radical (unpaired) electrons. The number of aromatic nitrogens is 4. The molecule has 0 bridgehead atoms. The van der Waals surface area contributed by atoms with Crippen LogP contribution in [0.25, 0.3) is 11.2 Å². The largest absolute Gasteiger partial charge is 0.332 e. The molecule has 3 aromatic rings. The lowest BCUT2D eigenvalue weighted by Crippen LogP contribution is -2.37. The van der Waals surface area contributed by atoms with E-state index in [9.17, 15) is 9.59 Å². The van der Waals surface area contributed by atoms with E-state index in [4.69, 9.17) is 23.2 Å². The highest BCUT2D eigenvalue weighted by molar-refractivity contribution is 6.30. The summed E-state index contributed by atoms with van der Waals surface area (Å²) in [5, 5.41) is 0.742. The Morgan fingerprint density at radius 2 is 1.86 bits per heavy atom. The quantitative estimate of drug-likeness (QED) is 0.669. The zero-order valence-corrected chi connectivity index (χ0v) is 13.4. The van der Waals surface area contributed by atoms with Gasteiger partial charge in [0, 0.05) is 19.1 Å². The molecule has 0 spiro atoms. The van der Waals surface area contributed by atoms with Gasteiger partial charge in [-0.05, 0) is 29.3 Å². The molecule has 0 saturated heterocycles. The molecule has 0 unspecified atom stereocenters. The maximum Gasteiger partial charge on any atom is 0.332 e. The van der Waals surface area contributed by atoms with Gasteiger partial charge >= 0.3 is 5.69 Å². The Labute approximate surface area is 135 Å². The van der Waals surface area contributed by atoms with Gasteiger partial charge in [0.25, 0.3) is 5.56 Å². The van der Waals surface area contributed by atoms with E-state index in [-0.39, 0.29) is 16.4 Å². The van der Waals surface area contributed by atoms with E-state index < -0.39 is 11.2 Å². The molecule has 2 heterocycles. The molecule has 0 aliphatic heterocycles. The van der Waals surface area contributed by atoms with Crippen LogP contribution in [0.1, 0.15) is 5.56 Å². The van der Waals surface area contributed by atoms with Crippen molar-refractivity contribution in [3.05, 3.63) is 61.0 Å². The summed E-state index contributed by atoms with van der Waals surface area (Å²) in [5.41, 5.74) is 0.556. The summed E-state index contributed by atoms with van der Waals surface area (Å²) in [5.74, 6) is 0. The summed E-state index contributed by atoms with van der Waals surface area (Å²) in [6.07, 6.45) is 0. The summed E-state index contributed by atoms with van der Waals surface area (Å²) >= 11 is 12.1. The number of nitrogens with zero attached hydrogens (tertiary/aromatic N) is 4. The number of hydrogen-bond acceptors (Lipinski definition) is 3. The standard InChI is InChI=1S/C14H12Cl2N4O2/c1-18-11-10(12(21)19(2)14(18)22)20(13(16)17-11)7-8-4-3-5-9(15)6-8/h3-6H,7H2,1-2H3. The normalized spacial score (nSPS) is 11.3. The van der Waals surface area contributed by atoms with E-state index in [0.29, 0.717) is 11.6 Å². The summed E-state index contributed by atoms with van der Waals surface area (Å²) in [4.78, 5) is 28.5.